The minimum Gasteiger partial charge on any atom is -0.497 e. The van der Waals surface area contributed by atoms with Gasteiger partial charge in [0.25, 0.3) is 0 Å². The molecule has 0 radical (unpaired) electrons. The van der Waals surface area contributed by atoms with E-state index in [1.165, 1.54) is 12.1 Å². The van der Waals surface area contributed by atoms with Crippen molar-refractivity contribution in [2.45, 2.75) is 13.0 Å². The zero-order valence-corrected chi connectivity index (χ0v) is 15.1. The van der Waals surface area contributed by atoms with Gasteiger partial charge < -0.3 is 20.1 Å². The summed E-state index contributed by atoms with van der Waals surface area (Å²) >= 11 is 11.1. The molecule has 24 heavy (non-hydrogen) atoms. The van der Waals surface area contributed by atoms with Crippen LogP contribution in [0, 0.1) is 5.82 Å². The van der Waals surface area contributed by atoms with Crippen molar-refractivity contribution in [2.24, 2.45) is 0 Å². The number of anilines is 1. The van der Waals surface area contributed by atoms with Gasteiger partial charge in [-0.15, -0.1) is 0 Å². The Morgan fingerprint density at radius 1 is 1.17 bits per heavy atom. The lowest BCUT2D eigenvalue weighted by Crippen LogP contribution is -2.31. The Balaban J connectivity index is 2.09. The normalized spacial score (nSPS) is 11.5. The predicted molar refractivity (Wildman–Crippen MR) is 98.7 cm³/mol. The number of thiocarbonyl (C=S) groups is 1. The first kappa shape index (κ1) is 18.3. The molecule has 0 aromatic heterocycles. The number of halogens is 2. The van der Waals surface area contributed by atoms with E-state index in [4.69, 9.17) is 33.3 Å². The van der Waals surface area contributed by atoms with Crippen molar-refractivity contribution in [2.75, 3.05) is 19.5 Å². The molecule has 0 saturated heterocycles. The first-order chi connectivity index (χ1) is 11.4. The molecule has 128 valence electrons. The van der Waals surface area contributed by atoms with E-state index in [-0.39, 0.29) is 11.1 Å². The molecule has 0 spiro atoms. The first-order valence-corrected chi connectivity index (χ1v) is 7.97. The number of methoxy groups -OCH3 is 2. The number of nitrogens with one attached hydrogen (secondary N) is 2. The van der Waals surface area contributed by atoms with E-state index in [2.05, 4.69) is 10.6 Å². The summed E-state index contributed by atoms with van der Waals surface area (Å²) in [6.07, 6.45) is 0. The highest BCUT2D eigenvalue weighted by Crippen LogP contribution is 2.29. The number of rotatable bonds is 5. The lowest BCUT2D eigenvalue weighted by Gasteiger charge is -2.20. The minimum absolute atomic E-state index is 0.0327. The molecule has 2 N–H and O–H groups in total. The van der Waals surface area contributed by atoms with Crippen molar-refractivity contribution in [1.82, 2.24) is 5.32 Å². The summed E-state index contributed by atoms with van der Waals surface area (Å²) in [5, 5.41) is 6.54. The first-order valence-electron chi connectivity index (χ1n) is 7.19. The van der Waals surface area contributed by atoms with Gasteiger partial charge in [-0.3, -0.25) is 0 Å². The Bertz CT molecular complexity index is 743. The van der Waals surface area contributed by atoms with Crippen LogP contribution < -0.4 is 20.1 Å². The van der Waals surface area contributed by atoms with Gasteiger partial charge in [0.2, 0.25) is 0 Å². The molecule has 0 aliphatic carbocycles. The van der Waals surface area contributed by atoms with E-state index in [9.17, 15) is 4.39 Å². The molecule has 2 aromatic rings. The standard InChI is InChI=1S/C17H18ClFN2O2S/c1-10(13-9-12(22-2)5-7-16(13)23-3)20-17(24)21-11-4-6-15(19)14(18)8-11/h4-10H,1-3H3,(H2,20,21,24). The predicted octanol–water partition coefficient (Wildman–Crippen LogP) is 4.54. The van der Waals surface area contributed by atoms with E-state index in [1.807, 2.05) is 25.1 Å². The molecule has 0 aliphatic heterocycles. The highest BCUT2D eigenvalue weighted by Gasteiger charge is 2.14. The van der Waals surface area contributed by atoms with Gasteiger partial charge in [-0.25, -0.2) is 4.39 Å². The second-order valence-electron chi connectivity index (χ2n) is 5.06. The average Bonchev–Trinajstić information content (AvgIpc) is 2.57. The number of benzene rings is 2. The summed E-state index contributed by atoms with van der Waals surface area (Å²) in [5.41, 5.74) is 1.50. The van der Waals surface area contributed by atoms with E-state index in [1.54, 1.807) is 20.3 Å². The summed E-state index contributed by atoms with van der Waals surface area (Å²) in [7, 11) is 3.21. The van der Waals surface area contributed by atoms with E-state index < -0.39 is 5.82 Å². The van der Waals surface area contributed by atoms with Crippen LogP contribution in [0.15, 0.2) is 36.4 Å². The zero-order valence-electron chi connectivity index (χ0n) is 13.5. The minimum atomic E-state index is -0.476. The van der Waals surface area contributed by atoms with Crippen LogP contribution in [-0.4, -0.2) is 19.3 Å². The molecular formula is C17H18ClFN2O2S. The second-order valence-corrected chi connectivity index (χ2v) is 5.87. The Labute approximate surface area is 150 Å². The fourth-order valence-corrected chi connectivity index (χ4v) is 2.67. The van der Waals surface area contributed by atoms with Crippen molar-refractivity contribution < 1.29 is 13.9 Å². The Hall–Kier alpha value is -2.05. The Morgan fingerprint density at radius 3 is 2.54 bits per heavy atom. The molecule has 0 aliphatic rings. The highest BCUT2D eigenvalue weighted by molar-refractivity contribution is 7.80. The third-order valence-corrected chi connectivity index (χ3v) is 3.94. The maximum absolute atomic E-state index is 13.2. The third-order valence-electron chi connectivity index (χ3n) is 3.43. The molecule has 0 heterocycles. The van der Waals surface area contributed by atoms with Crippen LogP contribution in [-0.2, 0) is 0 Å². The Morgan fingerprint density at radius 2 is 1.92 bits per heavy atom. The van der Waals surface area contributed by atoms with Gasteiger partial charge in [-0.05, 0) is 55.5 Å². The molecule has 0 bridgehead atoms. The largest absolute Gasteiger partial charge is 0.497 e. The van der Waals surface area contributed by atoms with Crippen LogP contribution in [0.3, 0.4) is 0 Å². The number of ether oxygens (including phenoxy) is 2. The van der Waals surface area contributed by atoms with Crippen LogP contribution in [0.4, 0.5) is 10.1 Å². The maximum Gasteiger partial charge on any atom is 0.171 e. The van der Waals surface area contributed by atoms with Gasteiger partial charge in [0, 0.05) is 11.3 Å². The van der Waals surface area contributed by atoms with Gasteiger partial charge >= 0.3 is 0 Å². The molecule has 2 aromatic carbocycles. The van der Waals surface area contributed by atoms with Crippen molar-refractivity contribution in [3.05, 3.63) is 52.8 Å². The van der Waals surface area contributed by atoms with Crippen LogP contribution in [0.25, 0.3) is 0 Å². The van der Waals surface area contributed by atoms with Gasteiger partial charge in [-0.2, -0.15) is 0 Å². The van der Waals surface area contributed by atoms with Gasteiger partial charge in [0.05, 0.1) is 25.3 Å². The summed E-state index contributed by atoms with van der Waals surface area (Å²) in [6, 6.07) is 9.73. The monoisotopic (exact) mass is 368 g/mol. The van der Waals surface area contributed by atoms with Crippen LogP contribution in [0.5, 0.6) is 11.5 Å². The molecule has 1 atom stereocenters. The van der Waals surface area contributed by atoms with Gasteiger partial charge in [0.1, 0.15) is 17.3 Å². The van der Waals surface area contributed by atoms with Crippen LogP contribution in [0.2, 0.25) is 5.02 Å². The SMILES string of the molecule is COc1ccc(OC)c(C(C)NC(=S)Nc2ccc(F)c(Cl)c2)c1. The van der Waals surface area contributed by atoms with Crippen molar-refractivity contribution >= 4 is 34.6 Å². The van der Waals surface area contributed by atoms with Crippen molar-refractivity contribution in [3.63, 3.8) is 0 Å². The van der Waals surface area contributed by atoms with Gasteiger partial charge in [-0.1, -0.05) is 11.6 Å². The molecule has 7 heteroatoms. The van der Waals surface area contributed by atoms with E-state index in [0.717, 1.165) is 17.1 Å². The Kier molecular flexibility index (Phi) is 6.23. The smallest absolute Gasteiger partial charge is 0.171 e. The highest BCUT2D eigenvalue weighted by atomic mass is 35.5. The topological polar surface area (TPSA) is 42.5 Å². The van der Waals surface area contributed by atoms with Crippen molar-refractivity contribution in [3.8, 4) is 11.5 Å². The summed E-state index contributed by atoms with van der Waals surface area (Å²) in [4.78, 5) is 0. The molecule has 0 fully saturated rings. The fourth-order valence-electron chi connectivity index (χ4n) is 2.19. The second kappa shape index (κ2) is 8.17. The summed E-state index contributed by atoms with van der Waals surface area (Å²) < 4.78 is 23.8. The fraction of sp³-hybridized carbons (Fsp3) is 0.235. The average molecular weight is 369 g/mol. The number of hydrogen-bond acceptors (Lipinski definition) is 3. The summed E-state index contributed by atoms with van der Waals surface area (Å²) in [6.45, 7) is 1.95. The summed E-state index contributed by atoms with van der Waals surface area (Å²) in [5.74, 6) is 0.975. The maximum atomic E-state index is 13.2. The number of hydrogen-bond donors (Lipinski definition) is 2. The van der Waals surface area contributed by atoms with Gasteiger partial charge in [0.15, 0.2) is 5.11 Å². The quantitative estimate of drug-likeness (QED) is 0.758. The molecule has 2 rings (SSSR count). The van der Waals surface area contributed by atoms with Crippen molar-refractivity contribution in [1.29, 1.82) is 0 Å². The zero-order chi connectivity index (χ0) is 17.7. The van der Waals surface area contributed by atoms with Crippen LogP contribution >= 0.6 is 23.8 Å². The molecular weight excluding hydrogens is 351 g/mol. The lowest BCUT2D eigenvalue weighted by molar-refractivity contribution is 0.395. The molecule has 4 nitrogen and oxygen atoms in total. The molecule has 0 saturated carbocycles. The molecule has 0 amide bonds. The molecule has 1 unspecified atom stereocenters. The van der Waals surface area contributed by atoms with E-state index in [0.29, 0.717) is 10.8 Å². The van der Waals surface area contributed by atoms with E-state index >= 15 is 0 Å². The van der Waals surface area contributed by atoms with Crippen LogP contribution in [0.1, 0.15) is 18.5 Å². The lowest BCUT2D eigenvalue weighted by atomic mass is 10.1. The third kappa shape index (κ3) is 4.49.